The van der Waals surface area contributed by atoms with E-state index in [1.807, 2.05) is 0 Å². The first-order valence-electron chi connectivity index (χ1n) is 7.53. The Hall–Kier alpha value is -1.03. The van der Waals surface area contributed by atoms with Gasteiger partial charge in [-0.2, -0.15) is 13.2 Å². The molecule has 0 amide bonds. The van der Waals surface area contributed by atoms with Crippen molar-refractivity contribution in [3.8, 4) is 0 Å². The summed E-state index contributed by atoms with van der Waals surface area (Å²) in [7, 11) is 0. The largest absolute Gasteiger partial charge is 0.416 e. The molecule has 1 aromatic rings. The van der Waals surface area contributed by atoms with Crippen LogP contribution >= 0.6 is 0 Å². The highest BCUT2D eigenvalue weighted by atomic mass is 19.4. The van der Waals surface area contributed by atoms with E-state index in [-0.39, 0.29) is 5.54 Å². The number of hydrogen-bond acceptors (Lipinski definition) is 1. The molecular formula is C17H24F3N. The van der Waals surface area contributed by atoms with Gasteiger partial charge in [0.2, 0.25) is 0 Å². The summed E-state index contributed by atoms with van der Waals surface area (Å²) in [5.74, 6) is 0.322. The number of piperidine rings is 1. The van der Waals surface area contributed by atoms with E-state index in [2.05, 4.69) is 32.6 Å². The first kappa shape index (κ1) is 16.3. The Labute approximate surface area is 125 Å². The Kier molecular flexibility index (Phi) is 4.39. The standard InChI is InChI=1S/C17H24F3N/c1-12-5-6-14(11-21(12)16(2,3)4)13-7-9-15(10-8-13)17(18,19)20/h7-10,12,14H,5-6,11H2,1-4H3. The molecular weight excluding hydrogens is 275 g/mol. The Morgan fingerprint density at radius 2 is 1.57 bits per heavy atom. The van der Waals surface area contributed by atoms with Gasteiger partial charge in [0, 0.05) is 18.1 Å². The maximum Gasteiger partial charge on any atom is 0.416 e. The van der Waals surface area contributed by atoms with Crippen LogP contribution in [0, 0.1) is 0 Å². The zero-order valence-electron chi connectivity index (χ0n) is 13.2. The van der Waals surface area contributed by atoms with Crippen LogP contribution in [0.15, 0.2) is 24.3 Å². The molecule has 0 aromatic heterocycles. The Bertz CT molecular complexity index is 470. The van der Waals surface area contributed by atoms with Crippen molar-refractivity contribution >= 4 is 0 Å². The fourth-order valence-corrected chi connectivity index (χ4v) is 3.26. The quantitative estimate of drug-likeness (QED) is 0.699. The molecule has 1 aliphatic rings. The SMILES string of the molecule is CC1CCC(c2ccc(C(F)(F)F)cc2)CN1C(C)(C)C. The summed E-state index contributed by atoms with van der Waals surface area (Å²) in [5, 5.41) is 0. The zero-order chi connectivity index (χ0) is 15.8. The second kappa shape index (κ2) is 5.64. The lowest BCUT2D eigenvalue weighted by Gasteiger charge is -2.46. The first-order chi connectivity index (χ1) is 9.59. The van der Waals surface area contributed by atoms with E-state index in [1.165, 1.54) is 12.1 Å². The summed E-state index contributed by atoms with van der Waals surface area (Å²) in [6, 6.07) is 6.22. The zero-order valence-corrected chi connectivity index (χ0v) is 13.2. The third-order valence-electron chi connectivity index (χ3n) is 4.45. The van der Waals surface area contributed by atoms with E-state index in [0.717, 1.165) is 24.9 Å². The second-order valence-corrected chi connectivity index (χ2v) is 7.07. The van der Waals surface area contributed by atoms with Gasteiger partial charge in [-0.1, -0.05) is 12.1 Å². The van der Waals surface area contributed by atoms with Crippen LogP contribution in [-0.2, 0) is 6.18 Å². The van der Waals surface area contributed by atoms with Crippen LogP contribution in [0.25, 0.3) is 0 Å². The molecule has 1 heterocycles. The second-order valence-electron chi connectivity index (χ2n) is 7.07. The molecule has 1 nitrogen and oxygen atoms in total. The number of rotatable bonds is 1. The maximum atomic E-state index is 12.6. The molecule has 0 N–H and O–H groups in total. The van der Waals surface area contributed by atoms with Crippen LogP contribution in [0.3, 0.4) is 0 Å². The third-order valence-corrected chi connectivity index (χ3v) is 4.45. The molecule has 2 atom stereocenters. The van der Waals surface area contributed by atoms with Crippen molar-refractivity contribution in [3.05, 3.63) is 35.4 Å². The molecule has 1 saturated heterocycles. The van der Waals surface area contributed by atoms with Gasteiger partial charge in [0.15, 0.2) is 0 Å². The normalized spacial score (nSPS) is 25.1. The number of halogens is 3. The van der Waals surface area contributed by atoms with Crippen molar-refractivity contribution in [2.75, 3.05) is 6.54 Å². The number of alkyl halides is 3. The van der Waals surface area contributed by atoms with Crippen molar-refractivity contribution in [3.63, 3.8) is 0 Å². The van der Waals surface area contributed by atoms with Crippen molar-refractivity contribution in [2.24, 2.45) is 0 Å². The third kappa shape index (κ3) is 3.79. The fraction of sp³-hybridized carbons (Fsp3) is 0.647. The van der Waals surface area contributed by atoms with Crippen molar-refractivity contribution < 1.29 is 13.2 Å². The lowest BCUT2D eigenvalue weighted by atomic mass is 9.85. The lowest BCUT2D eigenvalue weighted by molar-refractivity contribution is -0.137. The topological polar surface area (TPSA) is 3.24 Å². The minimum Gasteiger partial charge on any atom is -0.295 e. The van der Waals surface area contributed by atoms with Crippen LogP contribution in [0.4, 0.5) is 13.2 Å². The summed E-state index contributed by atoms with van der Waals surface area (Å²) in [6.07, 6.45) is -2.13. The highest BCUT2D eigenvalue weighted by Gasteiger charge is 2.34. The van der Waals surface area contributed by atoms with Gasteiger partial charge in [-0.05, 0) is 64.2 Å². The van der Waals surface area contributed by atoms with Gasteiger partial charge in [0.05, 0.1) is 5.56 Å². The van der Waals surface area contributed by atoms with Gasteiger partial charge in [-0.25, -0.2) is 0 Å². The molecule has 1 aliphatic heterocycles. The molecule has 0 aliphatic carbocycles. The van der Waals surface area contributed by atoms with Gasteiger partial charge >= 0.3 is 6.18 Å². The van der Waals surface area contributed by atoms with E-state index in [1.54, 1.807) is 12.1 Å². The minimum absolute atomic E-state index is 0.0873. The smallest absolute Gasteiger partial charge is 0.295 e. The fourth-order valence-electron chi connectivity index (χ4n) is 3.26. The molecule has 4 heteroatoms. The number of benzene rings is 1. The van der Waals surface area contributed by atoms with Crippen LogP contribution in [0.2, 0.25) is 0 Å². The minimum atomic E-state index is -4.25. The van der Waals surface area contributed by atoms with Crippen LogP contribution in [0.5, 0.6) is 0 Å². The summed E-state index contributed by atoms with van der Waals surface area (Å²) in [5.41, 5.74) is 0.538. The molecule has 0 spiro atoms. The molecule has 2 rings (SSSR count). The monoisotopic (exact) mass is 299 g/mol. The highest BCUT2D eigenvalue weighted by molar-refractivity contribution is 5.28. The predicted molar refractivity (Wildman–Crippen MR) is 79.3 cm³/mol. The Morgan fingerprint density at radius 3 is 2.05 bits per heavy atom. The lowest BCUT2D eigenvalue weighted by Crippen LogP contribution is -2.51. The van der Waals surface area contributed by atoms with Gasteiger partial charge < -0.3 is 0 Å². The van der Waals surface area contributed by atoms with E-state index in [9.17, 15) is 13.2 Å². The Balaban J connectivity index is 2.15. The van der Waals surface area contributed by atoms with E-state index in [4.69, 9.17) is 0 Å². The average Bonchev–Trinajstić information content (AvgIpc) is 2.37. The summed E-state index contributed by atoms with van der Waals surface area (Å²) in [6.45, 7) is 9.72. The van der Waals surface area contributed by atoms with Gasteiger partial charge in [-0.3, -0.25) is 4.90 Å². The van der Waals surface area contributed by atoms with E-state index < -0.39 is 11.7 Å². The molecule has 0 radical (unpaired) electrons. The molecule has 1 aromatic carbocycles. The number of nitrogens with zero attached hydrogens (tertiary/aromatic N) is 1. The van der Waals surface area contributed by atoms with E-state index in [0.29, 0.717) is 12.0 Å². The predicted octanol–water partition coefficient (Wildman–Crippen LogP) is 5.07. The first-order valence-corrected chi connectivity index (χ1v) is 7.53. The molecule has 1 fully saturated rings. The molecule has 0 saturated carbocycles. The summed E-state index contributed by atoms with van der Waals surface area (Å²) >= 11 is 0. The highest BCUT2D eigenvalue weighted by Crippen LogP contribution is 2.35. The van der Waals surface area contributed by atoms with Crippen LogP contribution in [-0.4, -0.2) is 23.0 Å². The average molecular weight is 299 g/mol. The molecule has 118 valence electrons. The summed E-state index contributed by atoms with van der Waals surface area (Å²) < 4.78 is 37.9. The van der Waals surface area contributed by atoms with Crippen LogP contribution < -0.4 is 0 Å². The van der Waals surface area contributed by atoms with Crippen LogP contribution in [0.1, 0.15) is 57.6 Å². The van der Waals surface area contributed by atoms with Gasteiger partial charge in [0.25, 0.3) is 0 Å². The van der Waals surface area contributed by atoms with Gasteiger partial charge in [-0.15, -0.1) is 0 Å². The van der Waals surface area contributed by atoms with Crippen molar-refractivity contribution in [2.45, 2.75) is 64.2 Å². The van der Waals surface area contributed by atoms with Crippen molar-refractivity contribution in [1.29, 1.82) is 0 Å². The maximum absolute atomic E-state index is 12.6. The van der Waals surface area contributed by atoms with E-state index >= 15 is 0 Å². The number of likely N-dealkylation sites (tertiary alicyclic amines) is 1. The summed E-state index contributed by atoms with van der Waals surface area (Å²) in [4.78, 5) is 2.46. The molecule has 21 heavy (non-hydrogen) atoms. The number of hydrogen-bond donors (Lipinski definition) is 0. The van der Waals surface area contributed by atoms with Gasteiger partial charge in [0.1, 0.15) is 0 Å². The molecule has 0 bridgehead atoms. The Morgan fingerprint density at radius 1 is 1.00 bits per heavy atom. The molecule has 2 unspecified atom stereocenters. The van der Waals surface area contributed by atoms with Crippen molar-refractivity contribution in [1.82, 2.24) is 4.90 Å².